The predicted octanol–water partition coefficient (Wildman–Crippen LogP) is 2.77. The Morgan fingerprint density at radius 1 is 1.26 bits per heavy atom. The average molecular weight is 388 g/mol. The van der Waals surface area contributed by atoms with Crippen molar-refractivity contribution >= 4 is 17.2 Å². The maximum Gasteiger partial charge on any atom is 0.234 e. The molecule has 6 nitrogen and oxygen atoms in total. The number of carbonyl (C=O) groups is 1. The Hall–Kier alpha value is -2.09. The lowest BCUT2D eigenvalue weighted by Gasteiger charge is -2.24. The van der Waals surface area contributed by atoms with Gasteiger partial charge in [0.15, 0.2) is 11.5 Å². The van der Waals surface area contributed by atoms with Crippen molar-refractivity contribution in [2.24, 2.45) is 0 Å². The SMILES string of the molecule is O=C(CN(Cc1cccs1)C[C@@H]1CCCO1)NCc1ccc2c(c1)OCO2. The topological polar surface area (TPSA) is 60.0 Å². The van der Waals surface area contributed by atoms with E-state index in [0.717, 1.165) is 49.6 Å². The van der Waals surface area contributed by atoms with Crippen LogP contribution in [0.4, 0.5) is 0 Å². The summed E-state index contributed by atoms with van der Waals surface area (Å²) in [6.45, 7) is 3.48. The minimum absolute atomic E-state index is 0.0159. The van der Waals surface area contributed by atoms with Gasteiger partial charge in [-0.1, -0.05) is 12.1 Å². The second kappa shape index (κ2) is 8.73. The van der Waals surface area contributed by atoms with Crippen LogP contribution in [0.2, 0.25) is 0 Å². The number of ether oxygens (including phenoxy) is 3. The number of amides is 1. The van der Waals surface area contributed by atoms with Crippen LogP contribution in [0, 0.1) is 0 Å². The summed E-state index contributed by atoms with van der Waals surface area (Å²) in [5.74, 6) is 1.51. The van der Waals surface area contributed by atoms with E-state index in [1.807, 2.05) is 24.3 Å². The lowest BCUT2D eigenvalue weighted by atomic mass is 10.2. The Labute approximate surface area is 163 Å². The van der Waals surface area contributed by atoms with E-state index < -0.39 is 0 Å². The van der Waals surface area contributed by atoms with Crippen LogP contribution in [-0.2, 0) is 22.6 Å². The Morgan fingerprint density at radius 2 is 2.19 bits per heavy atom. The third-order valence-corrected chi connectivity index (χ3v) is 5.60. The average Bonchev–Trinajstić information content (AvgIpc) is 3.42. The van der Waals surface area contributed by atoms with Crippen LogP contribution in [0.5, 0.6) is 11.5 Å². The molecule has 3 heterocycles. The minimum Gasteiger partial charge on any atom is -0.454 e. The molecule has 1 aromatic carbocycles. The van der Waals surface area contributed by atoms with Crippen LogP contribution in [0.3, 0.4) is 0 Å². The minimum atomic E-state index is 0.0159. The molecule has 2 aliphatic heterocycles. The van der Waals surface area contributed by atoms with E-state index in [1.165, 1.54) is 4.88 Å². The molecular weight excluding hydrogens is 364 g/mol. The van der Waals surface area contributed by atoms with Crippen molar-refractivity contribution in [2.75, 3.05) is 26.5 Å². The van der Waals surface area contributed by atoms with Crippen LogP contribution in [0.25, 0.3) is 0 Å². The molecule has 0 spiro atoms. The molecule has 1 fully saturated rings. The number of carbonyl (C=O) groups excluding carboxylic acids is 1. The second-order valence-electron chi connectivity index (χ2n) is 6.85. The maximum absolute atomic E-state index is 12.5. The normalized spacial score (nSPS) is 18.2. The highest BCUT2D eigenvalue weighted by atomic mass is 32.1. The molecule has 1 amide bonds. The van der Waals surface area contributed by atoms with Gasteiger partial charge in [0.2, 0.25) is 12.7 Å². The number of benzene rings is 1. The van der Waals surface area contributed by atoms with Gasteiger partial charge in [0, 0.05) is 31.1 Å². The molecule has 4 rings (SSSR count). The van der Waals surface area contributed by atoms with Gasteiger partial charge in [0.25, 0.3) is 0 Å². The summed E-state index contributed by atoms with van der Waals surface area (Å²) >= 11 is 1.72. The van der Waals surface area contributed by atoms with Gasteiger partial charge in [-0.2, -0.15) is 0 Å². The highest BCUT2D eigenvalue weighted by Gasteiger charge is 2.21. The van der Waals surface area contributed by atoms with Crippen LogP contribution in [0.15, 0.2) is 35.7 Å². The third-order valence-electron chi connectivity index (χ3n) is 4.74. The second-order valence-corrected chi connectivity index (χ2v) is 7.88. The standard InChI is InChI=1S/C20H24N2O4S/c23-20(21-10-15-5-6-18-19(9-15)26-14-25-18)13-22(11-16-3-1-7-24-16)12-17-4-2-8-27-17/h2,4-6,8-9,16H,1,3,7,10-14H2,(H,21,23)/t16-/m0/s1. The van der Waals surface area contributed by atoms with E-state index in [-0.39, 0.29) is 18.8 Å². The van der Waals surface area contributed by atoms with Gasteiger partial charge in [-0.05, 0) is 42.0 Å². The fourth-order valence-electron chi connectivity index (χ4n) is 3.39. The van der Waals surface area contributed by atoms with Gasteiger partial charge in [-0.15, -0.1) is 11.3 Å². The van der Waals surface area contributed by atoms with Crippen LogP contribution in [0.1, 0.15) is 23.3 Å². The lowest BCUT2D eigenvalue weighted by molar-refractivity contribution is -0.122. The molecule has 2 aliphatic rings. The molecule has 1 atom stereocenters. The monoisotopic (exact) mass is 388 g/mol. The molecule has 2 aromatic rings. The van der Waals surface area contributed by atoms with Crippen LogP contribution in [-0.4, -0.2) is 43.4 Å². The number of nitrogens with one attached hydrogen (secondary N) is 1. The highest BCUT2D eigenvalue weighted by Crippen LogP contribution is 2.32. The zero-order valence-electron chi connectivity index (χ0n) is 15.2. The maximum atomic E-state index is 12.5. The van der Waals surface area contributed by atoms with Gasteiger partial charge in [0.05, 0.1) is 12.6 Å². The zero-order valence-corrected chi connectivity index (χ0v) is 16.0. The Kier molecular flexibility index (Phi) is 5.91. The zero-order chi connectivity index (χ0) is 18.5. The molecule has 1 saturated heterocycles. The summed E-state index contributed by atoms with van der Waals surface area (Å²) in [6, 6.07) is 9.90. The van der Waals surface area contributed by atoms with Gasteiger partial charge in [-0.25, -0.2) is 0 Å². The van der Waals surface area contributed by atoms with Crippen molar-refractivity contribution in [3.63, 3.8) is 0 Å². The number of hydrogen-bond donors (Lipinski definition) is 1. The van der Waals surface area contributed by atoms with Gasteiger partial charge in [-0.3, -0.25) is 9.69 Å². The van der Waals surface area contributed by atoms with Gasteiger partial charge >= 0.3 is 0 Å². The first-order chi connectivity index (χ1) is 13.3. The molecule has 0 unspecified atom stereocenters. The molecule has 7 heteroatoms. The summed E-state index contributed by atoms with van der Waals surface area (Å²) in [5.41, 5.74) is 0.997. The van der Waals surface area contributed by atoms with Crippen LogP contribution >= 0.6 is 11.3 Å². The van der Waals surface area contributed by atoms with Gasteiger partial charge < -0.3 is 19.5 Å². The van der Waals surface area contributed by atoms with Crippen molar-refractivity contribution in [1.29, 1.82) is 0 Å². The number of fused-ring (bicyclic) bond motifs is 1. The first-order valence-electron chi connectivity index (χ1n) is 9.28. The summed E-state index contributed by atoms with van der Waals surface area (Å²) in [6.07, 6.45) is 2.40. The van der Waals surface area contributed by atoms with Crippen molar-refractivity contribution in [2.45, 2.75) is 32.0 Å². The van der Waals surface area contributed by atoms with E-state index >= 15 is 0 Å². The summed E-state index contributed by atoms with van der Waals surface area (Å²) in [5, 5.41) is 5.08. The number of rotatable bonds is 8. The van der Waals surface area contributed by atoms with E-state index in [1.54, 1.807) is 11.3 Å². The highest BCUT2D eigenvalue weighted by molar-refractivity contribution is 7.09. The Bertz CT molecular complexity index is 759. The molecule has 144 valence electrons. The van der Waals surface area contributed by atoms with Crippen molar-refractivity contribution < 1.29 is 19.0 Å². The van der Waals surface area contributed by atoms with E-state index in [2.05, 4.69) is 21.7 Å². The Morgan fingerprint density at radius 3 is 3.00 bits per heavy atom. The first-order valence-corrected chi connectivity index (χ1v) is 10.2. The summed E-state index contributed by atoms with van der Waals surface area (Å²) < 4.78 is 16.5. The van der Waals surface area contributed by atoms with E-state index in [0.29, 0.717) is 13.1 Å². The van der Waals surface area contributed by atoms with Crippen LogP contribution < -0.4 is 14.8 Å². The molecule has 0 bridgehead atoms. The largest absolute Gasteiger partial charge is 0.454 e. The summed E-state index contributed by atoms with van der Waals surface area (Å²) in [4.78, 5) is 16.0. The fraction of sp³-hybridized carbons (Fsp3) is 0.450. The van der Waals surface area contributed by atoms with E-state index in [4.69, 9.17) is 14.2 Å². The molecule has 1 aromatic heterocycles. The molecule has 0 saturated carbocycles. The molecule has 0 radical (unpaired) electrons. The molecule has 1 N–H and O–H groups in total. The number of hydrogen-bond acceptors (Lipinski definition) is 6. The smallest absolute Gasteiger partial charge is 0.234 e. The first kappa shape index (κ1) is 18.3. The quantitative estimate of drug-likeness (QED) is 0.754. The Balaban J connectivity index is 1.31. The number of thiophene rings is 1. The predicted molar refractivity (Wildman–Crippen MR) is 103 cm³/mol. The molecule has 27 heavy (non-hydrogen) atoms. The fourth-order valence-corrected chi connectivity index (χ4v) is 4.14. The van der Waals surface area contributed by atoms with Crippen molar-refractivity contribution in [3.8, 4) is 11.5 Å². The lowest BCUT2D eigenvalue weighted by Crippen LogP contribution is -2.40. The molecule has 0 aliphatic carbocycles. The van der Waals surface area contributed by atoms with Crippen molar-refractivity contribution in [1.82, 2.24) is 10.2 Å². The van der Waals surface area contributed by atoms with Crippen molar-refractivity contribution in [3.05, 3.63) is 46.2 Å². The third kappa shape index (κ3) is 5.00. The molecular formula is C20H24N2O4S. The van der Waals surface area contributed by atoms with Gasteiger partial charge in [0.1, 0.15) is 0 Å². The summed E-state index contributed by atoms with van der Waals surface area (Å²) in [7, 11) is 0. The number of nitrogens with zero attached hydrogens (tertiary/aromatic N) is 1. The van der Waals surface area contributed by atoms with E-state index in [9.17, 15) is 4.79 Å².